The lowest BCUT2D eigenvalue weighted by Gasteiger charge is -2.20. The molecule has 1 aliphatic carbocycles. The molecule has 1 aromatic heterocycles. The number of quaternary nitrogens is 1. The van der Waals surface area contributed by atoms with Gasteiger partial charge in [0.05, 0.1) is 13.1 Å². The zero-order chi connectivity index (χ0) is 11.4. The van der Waals surface area contributed by atoms with E-state index < -0.39 is 6.10 Å². The van der Waals surface area contributed by atoms with Crippen LogP contribution >= 0.6 is 0 Å². The standard InChI is InChI=1S/C10H19N5O/c1-15-13-10(12-14-15)9(16)7-11-8-5-3-2-4-6-8/h8-9,11,16H,2-7H2,1H3/p+1/t9-/m1/s1. The molecule has 0 aliphatic heterocycles. The van der Waals surface area contributed by atoms with Gasteiger partial charge < -0.3 is 10.4 Å². The molecule has 16 heavy (non-hydrogen) atoms. The number of hydrogen-bond donors (Lipinski definition) is 2. The maximum atomic E-state index is 9.85. The van der Waals surface area contributed by atoms with E-state index in [1.165, 1.54) is 36.9 Å². The molecule has 3 N–H and O–H groups in total. The molecule has 6 nitrogen and oxygen atoms in total. The number of aliphatic hydroxyl groups is 1. The van der Waals surface area contributed by atoms with Crippen molar-refractivity contribution < 1.29 is 10.4 Å². The van der Waals surface area contributed by atoms with Crippen LogP contribution in [0.25, 0.3) is 0 Å². The molecular formula is C10H20N5O+. The highest BCUT2D eigenvalue weighted by atomic mass is 16.3. The van der Waals surface area contributed by atoms with Crippen molar-refractivity contribution in [1.82, 2.24) is 20.2 Å². The summed E-state index contributed by atoms with van der Waals surface area (Å²) in [5.74, 6) is 0.426. The Kier molecular flexibility index (Phi) is 3.84. The molecule has 1 aromatic rings. The average molecular weight is 226 g/mol. The van der Waals surface area contributed by atoms with Crippen LogP contribution < -0.4 is 5.32 Å². The van der Waals surface area contributed by atoms with Gasteiger partial charge >= 0.3 is 0 Å². The summed E-state index contributed by atoms with van der Waals surface area (Å²) in [7, 11) is 1.70. The Labute approximate surface area is 95.0 Å². The van der Waals surface area contributed by atoms with Gasteiger partial charge in [-0.1, -0.05) is 6.42 Å². The number of rotatable bonds is 4. The topological polar surface area (TPSA) is 80.4 Å². The molecule has 1 fully saturated rings. The van der Waals surface area contributed by atoms with Gasteiger partial charge in [-0.3, -0.25) is 0 Å². The first-order valence-corrected chi connectivity index (χ1v) is 6.01. The first kappa shape index (κ1) is 11.5. The van der Waals surface area contributed by atoms with E-state index in [4.69, 9.17) is 0 Å². The average Bonchev–Trinajstić information content (AvgIpc) is 2.74. The second-order valence-electron chi connectivity index (χ2n) is 4.52. The van der Waals surface area contributed by atoms with E-state index in [9.17, 15) is 5.11 Å². The largest absolute Gasteiger partial charge is 0.379 e. The number of aliphatic hydroxyl groups excluding tert-OH is 1. The van der Waals surface area contributed by atoms with Gasteiger partial charge in [-0.05, 0) is 30.9 Å². The number of hydrogen-bond acceptors (Lipinski definition) is 4. The zero-order valence-electron chi connectivity index (χ0n) is 9.71. The Hall–Kier alpha value is -1.01. The molecule has 0 radical (unpaired) electrons. The summed E-state index contributed by atoms with van der Waals surface area (Å²) in [4.78, 5) is 1.37. The molecule has 1 saturated carbocycles. The van der Waals surface area contributed by atoms with Crippen LogP contribution in [0.2, 0.25) is 0 Å². The summed E-state index contributed by atoms with van der Waals surface area (Å²) in [5.41, 5.74) is 0. The normalized spacial score (nSPS) is 19.9. The van der Waals surface area contributed by atoms with Crippen molar-refractivity contribution in [3.8, 4) is 0 Å². The summed E-state index contributed by atoms with van der Waals surface area (Å²) in [5, 5.41) is 23.6. The molecule has 1 atom stereocenters. The summed E-state index contributed by atoms with van der Waals surface area (Å²) in [6.45, 7) is 0.635. The van der Waals surface area contributed by atoms with E-state index in [1.54, 1.807) is 7.05 Å². The van der Waals surface area contributed by atoms with E-state index in [2.05, 4.69) is 20.7 Å². The lowest BCUT2D eigenvalue weighted by molar-refractivity contribution is -0.698. The van der Waals surface area contributed by atoms with Crippen molar-refractivity contribution in [3.63, 3.8) is 0 Å². The summed E-state index contributed by atoms with van der Waals surface area (Å²) >= 11 is 0. The maximum absolute atomic E-state index is 9.85. The van der Waals surface area contributed by atoms with Gasteiger partial charge in [0.15, 0.2) is 6.10 Å². The number of aryl methyl sites for hydroxylation is 1. The Bertz CT molecular complexity index is 321. The minimum absolute atomic E-state index is 0.426. The number of tetrazole rings is 1. The van der Waals surface area contributed by atoms with Crippen LogP contribution in [0.5, 0.6) is 0 Å². The van der Waals surface area contributed by atoms with Gasteiger partial charge in [-0.25, -0.2) is 0 Å². The highest BCUT2D eigenvalue weighted by Crippen LogP contribution is 2.14. The van der Waals surface area contributed by atoms with Crippen molar-refractivity contribution in [2.45, 2.75) is 44.2 Å². The summed E-state index contributed by atoms with van der Waals surface area (Å²) < 4.78 is 0. The van der Waals surface area contributed by atoms with Crippen LogP contribution in [0.3, 0.4) is 0 Å². The van der Waals surface area contributed by atoms with Gasteiger partial charge in [0.1, 0.15) is 6.54 Å². The van der Waals surface area contributed by atoms with E-state index in [1.807, 2.05) is 0 Å². The third kappa shape index (κ3) is 2.99. The minimum Gasteiger partial charge on any atom is -0.379 e. The van der Waals surface area contributed by atoms with Crippen LogP contribution in [0.4, 0.5) is 0 Å². The van der Waals surface area contributed by atoms with Gasteiger partial charge in [0, 0.05) is 0 Å². The molecule has 0 amide bonds. The molecular weight excluding hydrogens is 206 g/mol. The van der Waals surface area contributed by atoms with E-state index in [-0.39, 0.29) is 0 Å². The molecule has 1 aliphatic rings. The van der Waals surface area contributed by atoms with Crippen LogP contribution in [0, 0.1) is 0 Å². The fourth-order valence-electron chi connectivity index (χ4n) is 2.23. The molecule has 0 bridgehead atoms. The highest BCUT2D eigenvalue weighted by molar-refractivity contribution is 4.82. The number of nitrogens with two attached hydrogens (primary N) is 1. The molecule has 90 valence electrons. The predicted octanol–water partition coefficient (Wildman–Crippen LogP) is -0.860. The fourth-order valence-corrected chi connectivity index (χ4v) is 2.23. The predicted molar refractivity (Wildman–Crippen MR) is 57.4 cm³/mol. The second kappa shape index (κ2) is 5.36. The fraction of sp³-hybridized carbons (Fsp3) is 0.900. The van der Waals surface area contributed by atoms with Crippen LogP contribution in [0.1, 0.15) is 44.0 Å². The lowest BCUT2D eigenvalue weighted by Crippen LogP contribution is -2.91. The maximum Gasteiger partial charge on any atom is 0.208 e. The Balaban J connectivity index is 1.76. The summed E-state index contributed by atoms with van der Waals surface area (Å²) in [6.07, 6.45) is 5.93. The molecule has 6 heteroatoms. The Morgan fingerprint density at radius 2 is 2.19 bits per heavy atom. The minimum atomic E-state index is -0.601. The first-order chi connectivity index (χ1) is 7.75. The SMILES string of the molecule is Cn1nnc([C@H](O)C[NH2+]C2CCCCC2)n1. The molecule has 0 aromatic carbocycles. The molecule has 2 rings (SSSR count). The van der Waals surface area contributed by atoms with E-state index in [0.29, 0.717) is 18.4 Å². The van der Waals surface area contributed by atoms with Crippen molar-refractivity contribution in [2.75, 3.05) is 6.54 Å². The molecule has 0 spiro atoms. The molecule has 0 saturated heterocycles. The monoisotopic (exact) mass is 226 g/mol. The first-order valence-electron chi connectivity index (χ1n) is 6.01. The van der Waals surface area contributed by atoms with Crippen LogP contribution in [-0.4, -0.2) is 37.9 Å². The van der Waals surface area contributed by atoms with Crippen molar-refractivity contribution >= 4 is 0 Å². The third-order valence-electron chi connectivity index (χ3n) is 3.16. The van der Waals surface area contributed by atoms with Gasteiger partial charge in [-0.2, -0.15) is 4.80 Å². The van der Waals surface area contributed by atoms with E-state index in [0.717, 1.165) is 0 Å². The van der Waals surface area contributed by atoms with Crippen molar-refractivity contribution in [2.24, 2.45) is 7.05 Å². The Morgan fingerprint density at radius 3 is 2.81 bits per heavy atom. The smallest absolute Gasteiger partial charge is 0.208 e. The van der Waals surface area contributed by atoms with E-state index >= 15 is 0 Å². The quantitative estimate of drug-likeness (QED) is 0.700. The number of nitrogens with zero attached hydrogens (tertiary/aromatic N) is 4. The number of aromatic nitrogens is 4. The Morgan fingerprint density at radius 1 is 1.44 bits per heavy atom. The zero-order valence-corrected chi connectivity index (χ0v) is 9.71. The molecule has 1 heterocycles. The van der Waals surface area contributed by atoms with Gasteiger partial charge in [-0.15, -0.1) is 10.2 Å². The molecule has 0 unspecified atom stereocenters. The summed E-state index contributed by atoms with van der Waals surface area (Å²) in [6, 6.07) is 0.667. The highest BCUT2D eigenvalue weighted by Gasteiger charge is 2.20. The third-order valence-corrected chi connectivity index (χ3v) is 3.16. The van der Waals surface area contributed by atoms with Gasteiger partial charge in [0.2, 0.25) is 5.82 Å². The van der Waals surface area contributed by atoms with Crippen molar-refractivity contribution in [1.29, 1.82) is 0 Å². The van der Waals surface area contributed by atoms with Crippen LogP contribution in [-0.2, 0) is 7.05 Å². The lowest BCUT2D eigenvalue weighted by atomic mass is 9.95. The van der Waals surface area contributed by atoms with Gasteiger partial charge in [0.25, 0.3) is 0 Å². The van der Waals surface area contributed by atoms with Crippen molar-refractivity contribution in [3.05, 3.63) is 5.82 Å². The van der Waals surface area contributed by atoms with Crippen LogP contribution in [0.15, 0.2) is 0 Å². The second-order valence-corrected chi connectivity index (χ2v) is 4.52.